The number of rotatable bonds is 2. The summed E-state index contributed by atoms with van der Waals surface area (Å²) in [6.07, 6.45) is 2.35. The molecule has 0 unspecified atom stereocenters. The van der Waals surface area contributed by atoms with Crippen molar-refractivity contribution in [1.29, 1.82) is 0 Å². The Morgan fingerprint density at radius 1 is 1.31 bits per heavy atom. The van der Waals surface area contributed by atoms with Crippen molar-refractivity contribution in [2.24, 2.45) is 0 Å². The van der Waals surface area contributed by atoms with Crippen LogP contribution in [-0.4, -0.2) is 11.4 Å². The number of para-hydroxylation sites is 1. The Morgan fingerprint density at radius 3 is 2.62 bits per heavy atom. The topological polar surface area (TPSA) is 9.23 Å². The van der Waals surface area contributed by atoms with Crippen LogP contribution < -0.4 is 4.74 Å². The predicted octanol–water partition coefficient (Wildman–Crippen LogP) is 3.18. The fraction of sp³-hybridized carbons (Fsp3) is 0.400. The first-order valence-corrected chi connectivity index (χ1v) is 5.24. The minimum absolute atomic E-state index is 0.308. The number of hydrogen-bond acceptors (Lipinski definition) is 2. The van der Waals surface area contributed by atoms with E-state index < -0.39 is 0 Å². The van der Waals surface area contributed by atoms with E-state index in [2.05, 4.69) is 12.6 Å². The summed E-state index contributed by atoms with van der Waals surface area (Å²) in [6, 6.07) is 7.57. The molecule has 1 aliphatic carbocycles. The molecule has 3 heteroatoms. The molecule has 1 aromatic carbocycles. The van der Waals surface area contributed by atoms with Crippen molar-refractivity contribution in [3.05, 3.63) is 29.3 Å². The van der Waals surface area contributed by atoms with E-state index >= 15 is 0 Å². The SMILES string of the molecule is S[C@H]1C[C@H](Oc2ccccc2Cl)C1. The highest BCUT2D eigenvalue weighted by atomic mass is 35.5. The van der Waals surface area contributed by atoms with Crippen molar-refractivity contribution in [2.75, 3.05) is 0 Å². The molecule has 0 aromatic heterocycles. The van der Waals surface area contributed by atoms with Crippen molar-refractivity contribution in [2.45, 2.75) is 24.2 Å². The Labute approximate surface area is 88.5 Å². The summed E-state index contributed by atoms with van der Waals surface area (Å²) in [5.41, 5.74) is 0. The third kappa shape index (κ3) is 2.12. The largest absolute Gasteiger partial charge is 0.489 e. The van der Waals surface area contributed by atoms with E-state index in [0.29, 0.717) is 16.4 Å². The normalized spacial score (nSPS) is 26.6. The number of halogens is 1. The molecule has 0 N–H and O–H groups in total. The van der Waals surface area contributed by atoms with Gasteiger partial charge in [0.2, 0.25) is 0 Å². The zero-order valence-corrected chi connectivity index (χ0v) is 8.76. The molecule has 0 aliphatic heterocycles. The lowest BCUT2D eigenvalue weighted by Crippen LogP contribution is -2.34. The van der Waals surface area contributed by atoms with Crippen molar-refractivity contribution >= 4 is 24.2 Å². The molecule has 0 heterocycles. The first kappa shape index (κ1) is 9.22. The number of ether oxygens (including phenoxy) is 1. The summed E-state index contributed by atoms with van der Waals surface area (Å²) in [6.45, 7) is 0. The highest BCUT2D eigenvalue weighted by Gasteiger charge is 2.28. The maximum absolute atomic E-state index is 5.94. The number of thiol groups is 1. The molecule has 0 saturated heterocycles. The van der Waals surface area contributed by atoms with Crippen LogP contribution in [0.1, 0.15) is 12.8 Å². The molecule has 70 valence electrons. The summed E-state index contributed by atoms with van der Waals surface area (Å²) >= 11 is 10.3. The monoisotopic (exact) mass is 214 g/mol. The van der Waals surface area contributed by atoms with Crippen LogP contribution in [0, 0.1) is 0 Å². The van der Waals surface area contributed by atoms with Crippen LogP contribution in [0.3, 0.4) is 0 Å². The molecule has 1 nitrogen and oxygen atoms in total. The van der Waals surface area contributed by atoms with Crippen molar-refractivity contribution < 1.29 is 4.74 Å². The van der Waals surface area contributed by atoms with Gasteiger partial charge in [-0.05, 0) is 25.0 Å². The van der Waals surface area contributed by atoms with Crippen LogP contribution in [0.4, 0.5) is 0 Å². The maximum Gasteiger partial charge on any atom is 0.138 e. The maximum atomic E-state index is 5.94. The van der Waals surface area contributed by atoms with Crippen molar-refractivity contribution in [1.82, 2.24) is 0 Å². The highest BCUT2D eigenvalue weighted by molar-refractivity contribution is 7.81. The Balaban J connectivity index is 1.98. The number of hydrogen-bond donors (Lipinski definition) is 1. The zero-order valence-electron chi connectivity index (χ0n) is 7.11. The minimum atomic E-state index is 0.308. The second kappa shape index (κ2) is 3.81. The lowest BCUT2D eigenvalue weighted by Gasteiger charge is -2.32. The van der Waals surface area contributed by atoms with E-state index in [9.17, 15) is 0 Å². The molecule has 0 radical (unpaired) electrons. The predicted molar refractivity (Wildman–Crippen MR) is 57.9 cm³/mol. The Morgan fingerprint density at radius 2 is 2.00 bits per heavy atom. The molecule has 0 bridgehead atoms. The van der Waals surface area contributed by atoms with Crippen molar-refractivity contribution in [3.63, 3.8) is 0 Å². The lowest BCUT2D eigenvalue weighted by atomic mass is 9.95. The smallest absolute Gasteiger partial charge is 0.138 e. The van der Waals surface area contributed by atoms with Crippen LogP contribution in [-0.2, 0) is 0 Å². The molecule has 0 atom stereocenters. The Kier molecular flexibility index (Phi) is 2.70. The molecule has 1 aromatic rings. The van der Waals surface area contributed by atoms with Crippen LogP contribution >= 0.6 is 24.2 Å². The van der Waals surface area contributed by atoms with E-state index in [4.69, 9.17) is 16.3 Å². The van der Waals surface area contributed by atoms with Gasteiger partial charge in [-0.25, -0.2) is 0 Å². The van der Waals surface area contributed by atoms with Gasteiger partial charge in [0.1, 0.15) is 11.9 Å². The molecule has 1 fully saturated rings. The fourth-order valence-corrected chi connectivity index (χ4v) is 2.00. The summed E-state index contributed by atoms with van der Waals surface area (Å²) in [5.74, 6) is 0.786. The molecular weight excluding hydrogens is 204 g/mol. The Bertz CT molecular complexity index is 297. The summed E-state index contributed by atoms with van der Waals surface area (Å²) in [4.78, 5) is 0. The van der Waals surface area contributed by atoms with Gasteiger partial charge in [0, 0.05) is 5.25 Å². The molecule has 1 saturated carbocycles. The van der Waals surface area contributed by atoms with Gasteiger partial charge in [-0.15, -0.1) is 0 Å². The van der Waals surface area contributed by atoms with Crippen LogP contribution in [0.2, 0.25) is 5.02 Å². The van der Waals surface area contributed by atoms with Crippen molar-refractivity contribution in [3.8, 4) is 5.75 Å². The van der Waals surface area contributed by atoms with Crippen LogP contribution in [0.25, 0.3) is 0 Å². The van der Waals surface area contributed by atoms with E-state index in [1.165, 1.54) is 0 Å². The van der Waals surface area contributed by atoms with E-state index in [1.54, 1.807) is 0 Å². The summed E-state index contributed by atoms with van der Waals surface area (Å²) < 4.78 is 5.67. The molecule has 13 heavy (non-hydrogen) atoms. The molecule has 0 amide bonds. The van der Waals surface area contributed by atoms with Gasteiger partial charge in [0.05, 0.1) is 5.02 Å². The standard InChI is InChI=1S/C10H11ClOS/c11-9-3-1-2-4-10(9)12-7-5-8(13)6-7/h1-4,7-8,13H,5-6H2/t7-,8-. The average molecular weight is 215 g/mol. The number of benzene rings is 1. The lowest BCUT2D eigenvalue weighted by molar-refractivity contribution is 0.127. The molecule has 0 spiro atoms. The first-order chi connectivity index (χ1) is 6.25. The highest BCUT2D eigenvalue weighted by Crippen LogP contribution is 2.32. The van der Waals surface area contributed by atoms with Gasteiger partial charge in [-0.1, -0.05) is 23.7 Å². The van der Waals surface area contributed by atoms with Crippen LogP contribution in [0.5, 0.6) is 5.75 Å². The first-order valence-electron chi connectivity index (χ1n) is 4.35. The zero-order chi connectivity index (χ0) is 9.26. The molecule has 2 rings (SSSR count). The Hall–Kier alpha value is -0.340. The molecule has 1 aliphatic rings. The van der Waals surface area contributed by atoms with Gasteiger partial charge in [0.25, 0.3) is 0 Å². The quantitative estimate of drug-likeness (QED) is 0.745. The fourth-order valence-electron chi connectivity index (χ4n) is 1.35. The minimum Gasteiger partial charge on any atom is -0.489 e. The average Bonchev–Trinajstić information content (AvgIpc) is 2.06. The second-order valence-corrected chi connectivity index (χ2v) is 4.43. The third-order valence-electron chi connectivity index (χ3n) is 2.20. The van der Waals surface area contributed by atoms with E-state index in [0.717, 1.165) is 18.6 Å². The summed E-state index contributed by atoms with van der Waals surface area (Å²) in [5, 5.41) is 1.19. The van der Waals surface area contributed by atoms with Gasteiger partial charge in [-0.3, -0.25) is 0 Å². The summed E-state index contributed by atoms with van der Waals surface area (Å²) in [7, 11) is 0. The molecular formula is C10H11ClOS. The van der Waals surface area contributed by atoms with Gasteiger partial charge in [0.15, 0.2) is 0 Å². The second-order valence-electron chi connectivity index (χ2n) is 3.30. The van der Waals surface area contributed by atoms with Gasteiger partial charge >= 0.3 is 0 Å². The van der Waals surface area contributed by atoms with Gasteiger partial charge < -0.3 is 4.74 Å². The van der Waals surface area contributed by atoms with Gasteiger partial charge in [-0.2, -0.15) is 12.6 Å². The van der Waals surface area contributed by atoms with E-state index in [1.807, 2.05) is 24.3 Å². The van der Waals surface area contributed by atoms with E-state index in [-0.39, 0.29) is 0 Å². The van der Waals surface area contributed by atoms with Crippen LogP contribution in [0.15, 0.2) is 24.3 Å². The third-order valence-corrected chi connectivity index (χ3v) is 2.93.